The van der Waals surface area contributed by atoms with Gasteiger partial charge in [0.15, 0.2) is 0 Å². The smallest absolute Gasteiger partial charge is 0.0438 e. The van der Waals surface area contributed by atoms with Gasteiger partial charge in [0, 0.05) is 30.2 Å². The fourth-order valence-corrected chi connectivity index (χ4v) is 3.49. The average Bonchev–Trinajstić information content (AvgIpc) is 3.01. The third kappa shape index (κ3) is 4.87. The Bertz CT molecular complexity index is 493. The highest BCUT2D eigenvalue weighted by Gasteiger charge is 2.15. The van der Waals surface area contributed by atoms with E-state index in [1.54, 1.807) is 0 Å². The van der Waals surface area contributed by atoms with E-state index in [9.17, 15) is 0 Å². The summed E-state index contributed by atoms with van der Waals surface area (Å²) in [5.74, 6) is 0.621. The molecule has 0 aliphatic rings. The van der Waals surface area contributed by atoms with Gasteiger partial charge in [0.25, 0.3) is 0 Å². The number of nitrogens with zero attached hydrogens (tertiary/aromatic N) is 1. The van der Waals surface area contributed by atoms with Crippen LogP contribution in [-0.2, 0) is 0 Å². The number of para-hydroxylation sites is 1. The molecule has 1 aromatic heterocycles. The van der Waals surface area contributed by atoms with Crippen LogP contribution < -0.4 is 10.2 Å². The summed E-state index contributed by atoms with van der Waals surface area (Å²) in [4.78, 5) is 3.76. The maximum absolute atomic E-state index is 3.71. The number of hydrogen-bond donors (Lipinski definition) is 1. The van der Waals surface area contributed by atoms with E-state index in [4.69, 9.17) is 0 Å². The molecule has 0 fully saturated rings. The quantitative estimate of drug-likeness (QED) is 0.719. The molecule has 1 heterocycles. The van der Waals surface area contributed by atoms with Crippen molar-refractivity contribution in [1.82, 2.24) is 5.32 Å². The zero-order chi connectivity index (χ0) is 15.1. The van der Waals surface area contributed by atoms with E-state index < -0.39 is 0 Å². The van der Waals surface area contributed by atoms with Crippen LogP contribution >= 0.6 is 11.3 Å². The SMILES string of the molecule is CC(C)C(NCCCN(C)c1ccccc1)c1cccs1. The van der Waals surface area contributed by atoms with Gasteiger partial charge in [0.2, 0.25) is 0 Å². The molecule has 0 aliphatic carbocycles. The van der Waals surface area contributed by atoms with Gasteiger partial charge < -0.3 is 10.2 Å². The Balaban J connectivity index is 1.76. The Morgan fingerprint density at radius 1 is 1.10 bits per heavy atom. The lowest BCUT2D eigenvalue weighted by Crippen LogP contribution is -2.28. The molecule has 0 radical (unpaired) electrons. The number of nitrogens with one attached hydrogen (secondary N) is 1. The van der Waals surface area contributed by atoms with Crippen LogP contribution in [0.1, 0.15) is 31.2 Å². The lowest BCUT2D eigenvalue weighted by molar-refractivity contribution is 0.416. The Labute approximate surface area is 132 Å². The van der Waals surface area contributed by atoms with Crippen molar-refractivity contribution >= 4 is 17.0 Å². The van der Waals surface area contributed by atoms with Gasteiger partial charge >= 0.3 is 0 Å². The molecular weight excluding hydrogens is 276 g/mol. The first-order valence-electron chi connectivity index (χ1n) is 7.71. The summed E-state index contributed by atoms with van der Waals surface area (Å²) >= 11 is 1.85. The Morgan fingerprint density at radius 3 is 2.48 bits per heavy atom. The second-order valence-electron chi connectivity index (χ2n) is 5.80. The predicted molar refractivity (Wildman–Crippen MR) is 94.2 cm³/mol. The van der Waals surface area contributed by atoms with E-state index in [1.807, 2.05) is 11.3 Å². The first kappa shape index (κ1) is 16.1. The van der Waals surface area contributed by atoms with Gasteiger partial charge in [0.1, 0.15) is 0 Å². The predicted octanol–water partition coefficient (Wildman–Crippen LogP) is 4.56. The number of thiophene rings is 1. The van der Waals surface area contributed by atoms with E-state index >= 15 is 0 Å². The summed E-state index contributed by atoms with van der Waals surface area (Å²) in [7, 11) is 2.16. The summed E-state index contributed by atoms with van der Waals surface area (Å²) in [6.07, 6.45) is 1.15. The van der Waals surface area contributed by atoms with Crippen LogP contribution in [0.5, 0.6) is 0 Å². The third-order valence-electron chi connectivity index (χ3n) is 3.75. The van der Waals surface area contributed by atoms with Crippen molar-refractivity contribution in [3.05, 3.63) is 52.7 Å². The van der Waals surface area contributed by atoms with Gasteiger partial charge in [-0.25, -0.2) is 0 Å². The average molecular weight is 302 g/mol. The van der Waals surface area contributed by atoms with E-state index in [0.29, 0.717) is 12.0 Å². The fraction of sp³-hybridized carbons (Fsp3) is 0.444. The van der Waals surface area contributed by atoms with E-state index in [0.717, 1.165) is 19.5 Å². The van der Waals surface area contributed by atoms with Gasteiger partial charge in [-0.05, 0) is 42.5 Å². The molecule has 114 valence electrons. The van der Waals surface area contributed by atoms with E-state index in [2.05, 4.69) is 79.0 Å². The minimum absolute atomic E-state index is 0.479. The van der Waals surface area contributed by atoms with Gasteiger partial charge in [-0.1, -0.05) is 38.1 Å². The van der Waals surface area contributed by atoms with Crippen LogP contribution in [0.3, 0.4) is 0 Å². The van der Waals surface area contributed by atoms with Crippen LogP contribution in [0.4, 0.5) is 5.69 Å². The maximum Gasteiger partial charge on any atom is 0.0438 e. The van der Waals surface area contributed by atoms with Gasteiger partial charge in [-0.15, -0.1) is 11.3 Å². The molecule has 3 heteroatoms. The molecule has 2 aromatic rings. The highest BCUT2D eigenvalue weighted by Crippen LogP contribution is 2.25. The van der Waals surface area contributed by atoms with Crippen LogP contribution in [0.2, 0.25) is 0 Å². The molecule has 0 aliphatic heterocycles. The fourth-order valence-electron chi connectivity index (χ4n) is 2.52. The standard InChI is InChI=1S/C18H26N2S/c1-15(2)18(17-11-7-14-21-17)19-12-8-13-20(3)16-9-5-4-6-10-16/h4-7,9-11,14-15,18-19H,8,12-13H2,1-3H3. The minimum Gasteiger partial charge on any atom is -0.375 e. The normalized spacial score (nSPS) is 12.6. The molecule has 0 saturated carbocycles. The van der Waals surface area contributed by atoms with E-state index in [1.165, 1.54) is 10.6 Å². The molecule has 0 saturated heterocycles. The third-order valence-corrected chi connectivity index (χ3v) is 4.70. The molecule has 21 heavy (non-hydrogen) atoms. The van der Waals surface area contributed by atoms with Crippen molar-refractivity contribution < 1.29 is 0 Å². The Morgan fingerprint density at radius 2 is 1.86 bits per heavy atom. The first-order chi connectivity index (χ1) is 10.2. The lowest BCUT2D eigenvalue weighted by Gasteiger charge is -2.23. The summed E-state index contributed by atoms with van der Waals surface area (Å²) < 4.78 is 0. The Kier molecular flexibility index (Phi) is 6.27. The molecule has 0 spiro atoms. The summed E-state index contributed by atoms with van der Waals surface area (Å²) in [6, 6.07) is 15.4. The number of rotatable bonds is 8. The van der Waals surface area contributed by atoms with Gasteiger partial charge in [-0.3, -0.25) is 0 Å². The van der Waals surface area contributed by atoms with Crippen LogP contribution in [0, 0.1) is 5.92 Å². The zero-order valence-electron chi connectivity index (χ0n) is 13.3. The van der Waals surface area contributed by atoms with Crippen molar-refractivity contribution in [2.75, 3.05) is 25.0 Å². The van der Waals surface area contributed by atoms with Crippen molar-refractivity contribution in [1.29, 1.82) is 0 Å². The van der Waals surface area contributed by atoms with Gasteiger partial charge in [0.05, 0.1) is 0 Å². The minimum atomic E-state index is 0.479. The number of benzene rings is 1. The van der Waals surface area contributed by atoms with Crippen molar-refractivity contribution in [3.63, 3.8) is 0 Å². The van der Waals surface area contributed by atoms with E-state index in [-0.39, 0.29) is 0 Å². The monoisotopic (exact) mass is 302 g/mol. The molecule has 2 rings (SSSR count). The summed E-state index contributed by atoms with van der Waals surface area (Å²) in [6.45, 7) is 6.70. The molecule has 1 unspecified atom stereocenters. The van der Waals surface area contributed by atoms with Crippen molar-refractivity contribution in [2.45, 2.75) is 26.3 Å². The molecule has 0 bridgehead atoms. The first-order valence-corrected chi connectivity index (χ1v) is 8.59. The molecule has 1 N–H and O–H groups in total. The zero-order valence-corrected chi connectivity index (χ0v) is 14.1. The van der Waals surface area contributed by atoms with Crippen molar-refractivity contribution in [2.24, 2.45) is 5.92 Å². The van der Waals surface area contributed by atoms with Gasteiger partial charge in [-0.2, -0.15) is 0 Å². The second kappa shape index (κ2) is 8.20. The highest BCUT2D eigenvalue weighted by molar-refractivity contribution is 7.10. The van der Waals surface area contributed by atoms with Crippen LogP contribution in [0.15, 0.2) is 47.8 Å². The Hall–Kier alpha value is -1.32. The summed E-state index contributed by atoms with van der Waals surface area (Å²) in [5.41, 5.74) is 1.29. The molecule has 1 aromatic carbocycles. The molecule has 0 amide bonds. The maximum atomic E-state index is 3.71. The van der Waals surface area contributed by atoms with Crippen molar-refractivity contribution in [3.8, 4) is 0 Å². The second-order valence-corrected chi connectivity index (χ2v) is 6.78. The number of hydrogen-bond acceptors (Lipinski definition) is 3. The largest absolute Gasteiger partial charge is 0.375 e. The molecular formula is C18H26N2S. The number of anilines is 1. The topological polar surface area (TPSA) is 15.3 Å². The highest BCUT2D eigenvalue weighted by atomic mass is 32.1. The van der Waals surface area contributed by atoms with Crippen LogP contribution in [-0.4, -0.2) is 20.1 Å². The summed E-state index contributed by atoms with van der Waals surface area (Å²) in [5, 5.41) is 5.87. The molecule has 2 nitrogen and oxygen atoms in total. The van der Waals surface area contributed by atoms with Crippen LogP contribution in [0.25, 0.3) is 0 Å². The molecule has 1 atom stereocenters. The lowest BCUT2D eigenvalue weighted by atomic mass is 10.0.